The highest BCUT2D eigenvalue weighted by Gasteiger charge is 2.38. The van der Waals surface area contributed by atoms with Crippen LogP contribution in [-0.4, -0.2) is 67.8 Å². The minimum Gasteiger partial charge on any atom is -0.379 e. The Morgan fingerprint density at radius 2 is 1.94 bits per heavy atom. The van der Waals surface area contributed by atoms with Crippen molar-refractivity contribution in [1.29, 1.82) is 0 Å². The molecule has 3 unspecified atom stereocenters. The van der Waals surface area contributed by atoms with E-state index < -0.39 is 0 Å². The van der Waals surface area contributed by atoms with Crippen molar-refractivity contribution in [3.05, 3.63) is 0 Å². The lowest BCUT2D eigenvalue weighted by molar-refractivity contribution is 0.00565. The van der Waals surface area contributed by atoms with Crippen LogP contribution in [0.2, 0.25) is 0 Å². The number of hydrogen-bond donors (Lipinski definition) is 1. The van der Waals surface area contributed by atoms with Crippen LogP contribution >= 0.6 is 0 Å². The van der Waals surface area contributed by atoms with Gasteiger partial charge in [-0.1, -0.05) is 0 Å². The summed E-state index contributed by atoms with van der Waals surface area (Å²) in [6, 6.07) is 1.25. The van der Waals surface area contributed by atoms with Crippen LogP contribution in [0.15, 0.2) is 0 Å². The van der Waals surface area contributed by atoms with E-state index in [1.54, 1.807) is 0 Å². The van der Waals surface area contributed by atoms with Crippen LogP contribution in [0.3, 0.4) is 0 Å². The number of rotatable bonds is 3. The van der Waals surface area contributed by atoms with Crippen molar-refractivity contribution in [3.8, 4) is 0 Å². The molecule has 1 aliphatic carbocycles. The first-order chi connectivity index (χ1) is 8.33. The van der Waals surface area contributed by atoms with E-state index in [-0.39, 0.29) is 0 Å². The first kappa shape index (κ1) is 11.9. The molecule has 4 aliphatic rings. The van der Waals surface area contributed by atoms with Gasteiger partial charge in [0.05, 0.1) is 13.2 Å². The van der Waals surface area contributed by atoms with Gasteiger partial charge < -0.3 is 10.5 Å². The van der Waals surface area contributed by atoms with E-state index in [0.717, 1.165) is 38.3 Å². The Morgan fingerprint density at radius 1 is 1.12 bits per heavy atom. The normalized spacial score (nSPS) is 39.7. The van der Waals surface area contributed by atoms with Gasteiger partial charge in [0.15, 0.2) is 0 Å². The molecule has 0 spiro atoms. The van der Waals surface area contributed by atoms with Crippen LogP contribution in [-0.2, 0) is 4.74 Å². The van der Waals surface area contributed by atoms with Gasteiger partial charge in [0, 0.05) is 44.8 Å². The lowest BCUT2D eigenvalue weighted by Crippen LogP contribution is -2.58. The standard InChI is InChI=1S/C13H25N3O/c14-13-9-12-2-1-11(13)10-16(12)4-3-15-5-7-17-8-6-15/h11-13H,1-10,14H2. The summed E-state index contributed by atoms with van der Waals surface area (Å²) >= 11 is 0. The van der Waals surface area contributed by atoms with Crippen LogP contribution in [0.1, 0.15) is 19.3 Å². The first-order valence-corrected chi connectivity index (χ1v) is 7.12. The van der Waals surface area contributed by atoms with Crippen molar-refractivity contribution >= 4 is 0 Å². The van der Waals surface area contributed by atoms with E-state index >= 15 is 0 Å². The zero-order valence-electron chi connectivity index (χ0n) is 10.7. The molecule has 4 nitrogen and oxygen atoms in total. The van der Waals surface area contributed by atoms with Gasteiger partial charge in [0.1, 0.15) is 0 Å². The zero-order chi connectivity index (χ0) is 11.7. The molecule has 98 valence electrons. The first-order valence-electron chi connectivity index (χ1n) is 7.12. The fourth-order valence-corrected chi connectivity index (χ4v) is 3.62. The van der Waals surface area contributed by atoms with Gasteiger partial charge in [-0.05, 0) is 25.2 Å². The Bertz CT molecular complexity index is 255. The Morgan fingerprint density at radius 3 is 2.59 bits per heavy atom. The predicted molar refractivity (Wildman–Crippen MR) is 67.9 cm³/mol. The summed E-state index contributed by atoms with van der Waals surface area (Å²) in [4.78, 5) is 5.22. The minimum atomic E-state index is 0.480. The number of piperidine rings is 2. The molecule has 4 rings (SSSR count). The predicted octanol–water partition coefficient (Wildman–Crippen LogP) is 0.130. The monoisotopic (exact) mass is 239 g/mol. The molecule has 4 heteroatoms. The van der Waals surface area contributed by atoms with E-state index in [1.165, 1.54) is 38.9 Å². The molecule has 0 aromatic carbocycles. The fourth-order valence-electron chi connectivity index (χ4n) is 3.62. The SMILES string of the molecule is NC1CC2CCC1CN2CCN1CCOCC1. The highest BCUT2D eigenvalue weighted by Crippen LogP contribution is 2.33. The molecule has 0 amide bonds. The number of morpholine rings is 1. The molecule has 3 saturated heterocycles. The molecule has 3 aliphatic heterocycles. The second-order valence-corrected chi connectivity index (χ2v) is 5.84. The summed E-state index contributed by atoms with van der Waals surface area (Å²) in [5, 5.41) is 0. The van der Waals surface area contributed by atoms with Crippen molar-refractivity contribution in [2.75, 3.05) is 45.9 Å². The number of nitrogens with zero attached hydrogens (tertiary/aromatic N) is 2. The number of nitrogens with two attached hydrogens (primary N) is 1. The summed E-state index contributed by atoms with van der Waals surface area (Å²) in [6.45, 7) is 7.74. The van der Waals surface area contributed by atoms with Crippen LogP contribution < -0.4 is 5.73 Å². The van der Waals surface area contributed by atoms with E-state index in [0.29, 0.717) is 6.04 Å². The third-order valence-corrected chi connectivity index (χ3v) is 4.81. The molecule has 3 heterocycles. The molecular weight excluding hydrogens is 214 g/mol. The molecular formula is C13H25N3O. The average Bonchev–Trinajstić information content (AvgIpc) is 2.39. The van der Waals surface area contributed by atoms with Gasteiger partial charge in [-0.15, -0.1) is 0 Å². The van der Waals surface area contributed by atoms with Gasteiger partial charge in [0.25, 0.3) is 0 Å². The van der Waals surface area contributed by atoms with Gasteiger partial charge >= 0.3 is 0 Å². The molecule has 17 heavy (non-hydrogen) atoms. The topological polar surface area (TPSA) is 41.7 Å². The highest BCUT2D eigenvalue weighted by molar-refractivity contribution is 4.95. The maximum atomic E-state index is 6.17. The molecule has 1 saturated carbocycles. The van der Waals surface area contributed by atoms with Gasteiger partial charge in [0.2, 0.25) is 0 Å². The molecule has 0 aromatic rings. The Balaban J connectivity index is 1.46. The largest absolute Gasteiger partial charge is 0.379 e. The molecule has 0 radical (unpaired) electrons. The van der Waals surface area contributed by atoms with Crippen molar-refractivity contribution < 1.29 is 4.74 Å². The lowest BCUT2D eigenvalue weighted by atomic mass is 9.76. The Hall–Kier alpha value is -0.160. The maximum Gasteiger partial charge on any atom is 0.0594 e. The van der Waals surface area contributed by atoms with Gasteiger partial charge in [-0.3, -0.25) is 9.80 Å². The second kappa shape index (κ2) is 5.22. The van der Waals surface area contributed by atoms with Crippen molar-refractivity contribution in [2.45, 2.75) is 31.3 Å². The van der Waals surface area contributed by atoms with Gasteiger partial charge in [-0.2, -0.15) is 0 Å². The van der Waals surface area contributed by atoms with E-state index in [2.05, 4.69) is 9.80 Å². The summed E-state index contributed by atoms with van der Waals surface area (Å²) < 4.78 is 5.38. The van der Waals surface area contributed by atoms with Crippen LogP contribution in [0, 0.1) is 5.92 Å². The maximum absolute atomic E-state index is 6.17. The van der Waals surface area contributed by atoms with Crippen LogP contribution in [0.4, 0.5) is 0 Å². The van der Waals surface area contributed by atoms with Crippen LogP contribution in [0.5, 0.6) is 0 Å². The molecule has 2 bridgehead atoms. The van der Waals surface area contributed by atoms with E-state index in [1.807, 2.05) is 0 Å². The Kier molecular flexibility index (Phi) is 3.66. The minimum absolute atomic E-state index is 0.480. The van der Waals surface area contributed by atoms with Gasteiger partial charge in [-0.25, -0.2) is 0 Å². The summed E-state index contributed by atoms with van der Waals surface area (Å²) in [5.74, 6) is 0.768. The summed E-state index contributed by atoms with van der Waals surface area (Å²) in [5.41, 5.74) is 6.17. The highest BCUT2D eigenvalue weighted by atomic mass is 16.5. The smallest absolute Gasteiger partial charge is 0.0594 e. The van der Waals surface area contributed by atoms with E-state index in [4.69, 9.17) is 10.5 Å². The lowest BCUT2D eigenvalue weighted by Gasteiger charge is -2.49. The van der Waals surface area contributed by atoms with Crippen molar-refractivity contribution in [3.63, 3.8) is 0 Å². The number of hydrogen-bond acceptors (Lipinski definition) is 4. The van der Waals surface area contributed by atoms with E-state index in [9.17, 15) is 0 Å². The third kappa shape index (κ3) is 2.65. The molecule has 0 aromatic heterocycles. The average molecular weight is 239 g/mol. The summed E-state index contributed by atoms with van der Waals surface area (Å²) in [7, 11) is 0. The van der Waals surface area contributed by atoms with Crippen molar-refractivity contribution in [1.82, 2.24) is 9.80 Å². The zero-order valence-corrected chi connectivity index (χ0v) is 10.7. The summed E-state index contributed by atoms with van der Waals surface area (Å²) in [6.07, 6.45) is 3.97. The number of ether oxygens (including phenoxy) is 1. The molecule has 3 atom stereocenters. The molecule has 4 fully saturated rings. The molecule has 2 N–H and O–H groups in total. The Labute approximate surface area is 104 Å². The van der Waals surface area contributed by atoms with Crippen LogP contribution in [0.25, 0.3) is 0 Å². The van der Waals surface area contributed by atoms with Crippen molar-refractivity contribution in [2.24, 2.45) is 11.7 Å². The second-order valence-electron chi connectivity index (χ2n) is 5.84. The third-order valence-electron chi connectivity index (χ3n) is 4.81. The number of fused-ring (bicyclic) bond motifs is 3. The fraction of sp³-hybridized carbons (Fsp3) is 1.00. The quantitative estimate of drug-likeness (QED) is 0.760.